The SMILES string of the molecule is CC(=O)C(Cl)c1cccc(Oc2ccccc2)c1. The number of benzene rings is 2. The zero-order chi connectivity index (χ0) is 13.0. The molecule has 0 bridgehead atoms. The maximum atomic E-state index is 11.2. The van der Waals surface area contributed by atoms with Crippen molar-refractivity contribution < 1.29 is 9.53 Å². The van der Waals surface area contributed by atoms with Crippen LogP contribution in [0.25, 0.3) is 0 Å². The first-order valence-corrected chi connectivity index (χ1v) is 6.08. The number of ether oxygens (including phenoxy) is 1. The summed E-state index contributed by atoms with van der Waals surface area (Å²) < 4.78 is 5.68. The van der Waals surface area contributed by atoms with Gasteiger partial charge in [-0.3, -0.25) is 4.79 Å². The van der Waals surface area contributed by atoms with Gasteiger partial charge in [0.15, 0.2) is 5.78 Å². The minimum absolute atomic E-state index is 0.0754. The van der Waals surface area contributed by atoms with Crippen LogP contribution < -0.4 is 4.74 Å². The minimum Gasteiger partial charge on any atom is -0.457 e. The van der Waals surface area contributed by atoms with Crippen LogP contribution in [0.2, 0.25) is 0 Å². The Bertz CT molecular complexity index is 537. The van der Waals surface area contributed by atoms with Crippen molar-refractivity contribution >= 4 is 17.4 Å². The lowest BCUT2D eigenvalue weighted by Crippen LogP contribution is -2.01. The molecule has 0 radical (unpaired) electrons. The van der Waals surface area contributed by atoms with E-state index in [0.717, 1.165) is 11.3 Å². The Morgan fingerprint density at radius 2 is 1.72 bits per heavy atom. The number of hydrogen-bond acceptors (Lipinski definition) is 2. The molecule has 0 fully saturated rings. The van der Waals surface area contributed by atoms with Crippen molar-refractivity contribution in [2.45, 2.75) is 12.3 Å². The van der Waals surface area contributed by atoms with Crippen LogP contribution in [0.4, 0.5) is 0 Å². The third kappa shape index (κ3) is 3.11. The first-order chi connectivity index (χ1) is 8.66. The predicted molar refractivity (Wildman–Crippen MR) is 72.2 cm³/mol. The Morgan fingerprint density at radius 3 is 2.39 bits per heavy atom. The summed E-state index contributed by atoms with van der Waals surface area (Å²) in [6.07, 6.45) is 0. The molecule has 0 heterocycles. The lowest BCUT2D eigenvalue weighted by molar-refractivity contribution is -0.116. The molecule has 0 aliphatic heterocycles. The molecule has 0 spiro atoms. The monoisotopic (exact) mass is 260 g/mol. The smallest absolute Gasteiger partial charge is 0.152 e. The van der Waals surface area contributed by atoms with Gasteiger partial charge >= 0.3 is 0 Å². The summed E-state index contributed by atoms with van der Waals surface area (Å²) in [5.41, 5.74) is 0.748. The molecule has 0 N–H and O–H groups in total. The molecule has 1 unspecified atom stereocenters. The van der Waals surface area contributed by atoms with Crippen LogP contribution in [0.5, 0.6) is 11.5 Å². The van der Waals surface area contributed by atoms with E-state index < -0.39 is 5.38 Å². The maximum absolute atomic E-state index is 11.2. The van der Waals surface area contributed by atoms with E-state index in [4.69, 9.17) is 16.3 Å². The molecule has 1 atom stereocenters. The van der Waals surface area contributed by atoms with E-state index in [1.807, 2.05) is 48.5 Å². The van der Waals surface area contributed by atoms with E-state index >= 15 is 0 Å². The molecule has 0 saturated heterocycles. The van der Waals surface area contributed by atoms with Gasteiger partial charge in [-0.25, -0.2) is 0 Å². The van der Waals surface area contributed by atoms with Gasteiger partial charge in [-0.1, -0.05) is 30.3 Å². The second-order valence-electron chi connectivity index (χ2n) is 3.96. The van der Waals surface area contributed by atoms with Crippen LogP contribution in [0.15, 0.2) is 54.6 Å². The van der Waals surface area contributed by atoms with Gasteiger partial charge in [-0.05, 0) is 36.8 Å². The topological polar surface area (TPSA) is 26.3 Å². The second kappa shape index (κ2) is 5.69. The van der Waals surface area contributed by atoms with Crippen LogP contribution in [-0.2, 0) is 4.79 Å². The zero-order valence-electron chi connectivity index (χ0n) is 9.97. The highest BCUT2D eigenvalue weighted by Gasteiger charge is 2.13. The molecule has 0 aromatic heterocycles. The van der Waals surface area contributed by atoms with Crippen LogP contribution in [0.3, 0.4) is 0 Å². The highest BCUT2D eigenvalue weighted by molar-refractivity contribution is 6.30. The summed E-state index contributed by atoms with van der Waals surface area (Å²) in [5, 5.41) is -0.621. The number of rotatable bonds is 4. The summed E-state index contributed by atoms with van der Waals surface area (Å²) >= 11 is 6.01. The molecule has 0 amide bonds. The number of para-hydroxylation sites is 1. The number of hydrogen-bond donors (Lipinski definition) is 0. The second-order valence-corrected chi connectivity index (χ2v) is 4.40. The van der Waals surface area contributed by atoms with Crippen LogP contribution >= 0.6 is 11.6 Å². The normalized spacial score (nSPS) is 11.9. The zero-order valence-corrected chi connectivity index (χ0v) is 10.7. The number of alkyl halides is 1. The average molecular weight is 261 g/mol. The molecule has 2 aromatic carbocycles. The highest BCUT2D eigenvalue weighted by Crippen LogP contribution is 2.27. The molecule has 3 heteroatoms. The van der Waals surface area contributed by atoms with E-state index in [9.17, 15) is 4.79 Å². The fourth-order valence-corrected chi connectivity index (χ4v) is 1.73. The van der Waals surface area contributed by atoms with Crippen molar-refractivity contribution in [3.8, 4) is 11.5 Å². The molecular weight excluding hydrogens is 248 g/mol. The molecule has 2 nitrogen and oxygen atoms in total. The van der Waals surface area contributed by atoms with Gasteiger partial charge in [-0.2, -0.15) is 0 Å². The van der Waals surface area contributed by atoms with Gasteiger partial charge in [0.05, 0.1) is 0 Å². The summed E-state index contributed by atoms with van der Waals surface area (Å²) in [6.45, 7) is 1.47. The van der Waals surface area contributed by atoms with E-state index in [2.05, 4.69) is 0 Å². The van der Waals surface area contributed by atoms with E-state index in [0.29, 0.717) is 5.75 Å². The Labute approximate surface area is 111 Å². The summed E-state index contributed by atoms with van der Waals surface area (Å²) in [4.78, 5) is 11.2. The maximum Gasteiger partial charge on any atom is 0.152 e. The lowest BCUT2D eigenvalue weighted by Gasteiger charge is -2.09. The summed E-state index contributed by atoms with van der Waals surface area (Å²) in [7, 11) is 0. The van der Waals surface area contributed by atoms with Crippen LogP contribution in [0.1, 0.15) is 17.9 Å². The van der Waals surface area contributed by atoms with Crippen molar-refractivity contribution in [1.29, 1.82) is 0 Å². The standard InChI is InChI=1S/C15H13ClO2/c1-11(17)15(16)12-6-5-9-14(10-12)18-13-7-3-2-4-8-13/h2-10,15H,1H3. The molecule has 0 saturated carbocycles. The van der Waals surface area contributed by atoms with Crippen LogP contribution in [-0.4, -0.2) is 5.78 Å². The number of carbonyl (C=O) groups excluding carboxylic acids is 1. The van der Waals surface area contributed by atoms with Crippen LogP contribution in [0, 0.1) is 0 Å². The Kier molecular flexibility index (Phi) is 4.00. The van der Waals surface area contributed by atoms with Crippen molar-refractivity contribution in [2.24, 2.45) is 0 Å². The van der Waals surface area contributed by atoms with Crippen molar-refractivity contribution in [2.75, 3.05) is 0 Å². The van der Waals surface area contributed by atoms with E-state index in [1.54, 1.807) is 6.07 Å². The highest BCUT2D eigenvalue weighted by atomic mass is 35.5. The largest absolute Gasteiger partial charge is 0.457 e. The quantitative estimate of drug-likeness (QED) is 0.764. The van der Waals surface area contributed by atoms with E-state index in [1.165, 1.54) is 6.92 Å². The van der Waals surface area contributed by atoms with Gasteiger partial charge in [0, 0.05) is 0 Å². The van der Waals surface area contributed by atoms with Gasteiger partial charge in [0.1, 0.15) is 16.9 Å². The van der Waals surface area contributed by atoms with Crippen molar-refractivity contribution in [1.82, 2.24) is 0 Å². The predicted octanol–water partition coefficient (Wildman–Crippen LogP) is 4.35. The average Bonchev–Trinajstić information content (AvgIpc) is 2.39. The minimum atomic E-state index is -0.621. The van der Waals surface area contributed by atoms with Gasteiger partial charge in [-0.15, -0.1) is 11.6 Å². The molecular formula is C15H13ClO2. The van der Waals surface area contributed by atoms with Gasteiger partial charge in [0.2, 0.25) is 0 Å². The summed E-state index contributed by atoms with van der Waals surface area (Å²) in [6, 6.07) is 16.7. The fourth-order valence-electron chi connectivity index (χ4n) is 1.60. The third-order valence-electron chi connectivity index (χ3n) is 2.49. The first-order valence-electron chi connectivity index (χ1n) is 5.64. The number of Topliss-reactive ketones (excluding diaryl/α,β-unsaturated/α-hetero) is 1. The molecule has 92 valence electrons. The molecule has 0 aliphatic rings. The number of carbonyl (C=O) groups is 1. The first kappa shape index (κ1) is 12.7. The summed E-state index contributed by atoms with van der Waals surface area (Å²) in [5.74, 6) is 1.35. The van der Waals surface area contributed by atoms with Gasteiger partial charge < -0.3 is 4.74 Å². The van der Waals surface area contributed by atoms with E-state index in [-0.39, 0.29) is 5.78 Å². The lowest BCUT2D eigenvalue weighted by atomic mass is 10.1. The molecule has 0 aliphatic carbocycles. The Balaban J connectivity index is 2.20. The molecule has 2 aromatic rings. The third-order valence-corrected chi connectivity index (χ3v) is 3.05. The Morgan fingerprint density at radius 1 is 1.06 bits per heavy atom. The van der Waals surface area contributed by atoms with Gasteiger partial charge in [0.25, 0.3) is 0 Å². The number of ketones is 1. The molecule has 2 rings (SSSR count). The molecule has 18 heavy (non-hydrogen) atoms. The number of halogens is 1. The fraction of sp³-hybridized carbons (Fsp3) is 0.133. The van der Waals surface area contributed by atoms with Crippen molar-refractivity contribution in [3.63, 3.8) is 0 Å². The van der Waals surface area contributed by atoms with Crippen molar-refractivity contribution in [3.05, 3.63) is 60.2 Å². The Hall–Kier alpha value is -1.80.